The molecule has 0 N–H and O–H groups in total. The van der Waals surface area contributed by atoms with Gasteiger partial charge in [-0.1, -0.05) is 23.2 Å². The number of esters is 2. The SMILES string of the molecule is CC(=O)Oc1cc2nc(Cl)c(Cl)nc2cc1OC(C)=O. The predicted molar refractivity (Wildman–Crippen MR) is 72.2 cm³/mol. The zero-order chi connectivity index (χ0) is 14.9. The minimum Gasteiger partial charge on any atom is -0.423 e. The van der Waals surface area contributed by atoms with Crippen molar-refractivity contribution in [3.05, 3.63) is 22.4 Å². The van der Waals surface area contributed by atoms with E-state index < -0.39 is 11.9 Å². The molecule has 2 rings (SSSR count). The van der Waals surface area contributed by atoms with Crippen LogP contribution in [0, 0.1) is 0 Å². The smallest absolute Gasteiger partial charge is 0.308 e. The van der Waals surface area contributed by atoms with E-state index in [0.29, 0.717) is 11.0 Å². The van der Waals surface area contributed by atoms with E-state index in [1.807, 2.05) is 0 Å². The molecule has 20 heavy (non-hydrogen) atoms. The molecule has 0 spiro atoms. The van der Waals surface area contributed by atoms with Crippen LogP contribution in [0.15, 0.2) is 12.1 Å². The predicted octanol–water partition coefficient (Wildman–Crippen LogP) is 2.79. The van der Waals surface area contributed by atoms with E-state index in [9.17, 15) is 9.59 Å². The number of carbonyl (C=O) groups is 2. The highest BCUT2D eigenvalue weighted by Gasteiger charge is 2.15. The molecule has 0 saturated heterocycles. The molecule has 0 radical (unpaired) electrons. The second-order valence-electron chi connectivity index (χ2n) is 3.78. The summed E-state index contributed by atoms with van der Waals surface area (Å²) in [5.41, 5.74) is 0.707. The van der Waals surface area contributed by atoms with Crippen LogP contribution in [0.4, 0.5) is 0 Å². The third-order valence-corrected chi connectivity index (χ3v) is 2.78. The Labute approximate surface area is 123 Å². The van der Waals surface area contributed by atoms with Crippen LogP contribution in [0.25, 0.3) is 11.0 Å². The molecule has 104 valence electrons. The van der Waals surface area contributed by atoms with Crippen molar-refractivity contribution in [2.45, 2.75) is 13.8 Å². The zero-order valence-corrected chi connectivity index (χ0v) is 11.9. The van der Waals surface area contributed by atoms with Gasteiger partial charge in [-0.2, -0.15) is 0 Å². The first-order valence-electron chi connectivity index (χ1n) is 5.40. The molecular weight excluding hydrogens is 307 g/mol. The number of carbonyl (C=O) groups excluding carboxylic acids is 2. The normalized spacial score (nSPS) is 10.4. The van der Waals surface area contributed by atoms with Gasteiger partial charge in [0.25, 0.3) is 0 Å². The molecule has 1 aromatic heterocycles. The van der Waals surface area contributed by atoms with Crippen LogP contribution in [-0.4, -0.2) is 21.9 Å². The molecule has 0 unspecified atom stereocenters. The Bertz CT molecular complexity index is 658. The van der Waals surface area contributed by atoms with Crippen molar-refractivity contribution in [2.24, 2.45) is 0 Å². The summed E-state index contributed by atoms with van der Waals surface area (Å²) in [5, 5.41) is 0.0429. The molecule has 0 aliphatic rings. The lowest BCUT2D eigenvalue weighted by Crippen LogP contribution is -2.07. The van der Waals surface area contributed by atoms with Crippen molar-refractivity contribution >= 4 is 46.2 Å². The number of nitrogens with zero attached hydrogens (tertiary/aromatic N) is 2. The maximum absolute atomic E-state index is 11.1. The number of halogens is 2. The van der Waals surface area contributed by atoms with Crippen LogP contribution in [0.1, 0.15) is 13.8 Å². The largest absolute Gasteiger partial charge is 0.423 e. The minimum atomic E-state index is -0.564. The summed E-state index contributed by atoms with van der Waals surface area (Å²) >= 11 is 11.5. The zero-order valence-electron chi connectivity index (χ0n) is 10.4. The van der Waals surface area contributed by atoms with Crippen molar-refractivity contribution in [3.63, 3.8) is 0 Å². The topological polar surface area (TPSA) is 78.4 Å². The monoisotopic (exact) mass is 314 g/mol. The summed E-state index contributed by atoms with van der Waals surface area (Å²) < 4.78 is 9.93. The Morgan fingerprint density at radius 1 is 0.900 bits per heavy atom. The molecule has 1 aromatic carbocycles. The van der Waals surface area contributed by atoms with E-state index in [4.69, 9.17) is 32.7 Å². The van der Waals surface area contributed by atoms with Crippen molar-refractivity contribution < 1.29 is 19.1 Å². The lowest BCUT2D eigenvalue weighted by atomic mass is 10.2. The van der Waals surface area contributed by atoms with E-state index in [0.717, 1.165) is 0 Å². The van der Waals surface area contributed by atoms with Crippen molar-refractivity contribution in [3.8, 4) is 11.5 Å². The van der Waals surface area contributed by atoms with Gasteiger partial charge in [-0.15, -0.1) is 0 Å². The van der Waals surface area contributed by atoms with Crippen molar-refractivity contribution in [1.82, 2.24) is 9.97 Å². The molecule has 0 bridgehead atoms. The molecule has 0 fully saturated rings. The van der Waals surface area contributed by atoms with E-state index in [1.54, 1.807) is 0 Å². The summed E-state index contributed by atoms with van der Waals surface area (Å²) in [6.45, 7) is 2.45. The van der Waals surface area contributed by atoms with E-state index in [-0.39, 0.29) is 21.8 Å². The highest BCUT2D eigenvalue weighted by molar-refractivity contribution is 6.40. The Kier molecular flexibility index (Phi) is 4.06. The summed E-state index contributed by atoms with van der Waals surface area (Å²) in [7, 11) is 0. The summed E-state index contributed by atoms with van der Waals surface area (Å²) in [6, 6.07) is 2.79. The van der Waals surface area contributed by atoms with Gasteiger partial charge < -0.3 is 9.47 Å². The first-order chi connectivity index (χ1) is 9.36. The first kappa shape index (κ1) is 14.5. The minimum absolute atomic E-state index is 0.0215. The fraction of sp³-hybridized carbons (Fsp3) is 0.167. The van der Waals surface area contributed by atoms with Gasteiger partial charge in [0.1, 0.15) is 0 Å². The number of hydrogen-bond acceptors (Lipinski definition) is 6. The molecule has 0 amide bonds. The fourth-order valence-electron chi connectivity index (χ4n) is 1.49. The highest BCUT2D eigenvalue weighted by atomic mass is 35.5. The highest BCUT2D eigenvalue weighted by Crippen LogP contribution is 2.33. The summed E-state index contributed by atoms with van der Waals surface area (Å²) in [5.74, 6) is -1.03. The van der Waals surface area contributed by atoms with Crippen molar-refractivity contribution in [2.75, 3.05) is 0 Å². The number of ether oxygens (including phenoxy) is 2. The van der Waals surface area contributed by atoms with Crippen LogP contribution >= 0.6 is 23.2 Å². The van der Waals surface area contributed by atoms with Gasteiger partial charge >= 0.3 is 11.9 Å². The van der Waals surface area contributed by atoms with Gasteiger partial charge in [-0.05, 0) is 0 Å². The molecule has 0 saturated carbocycles. The quantitative estimate of drug-likeness (QED) is 0.626. The Hall–Kier alpha value is -1.92. The number of aromatic nitrogens is 2. The van der Waals surface area contributed by atoms with Crippen LogP contribution in [0.5, 0.6) is 11.5 Å². The van der Waals surface area contributed by atoms with Crippen molar-refractivity contribution in [1.29, 1.82) is 0 Å². The van der Waals surface area contributed by atoms with Gasteiger partial charge in [0.15, 0.2) is 21.8 Å². The molecular formula is C12H8Cl2N2O4. The second-order valence-corrected chi connectivity index (χ2v) is 4.50. The maximum atomic E-state index is 11.1. The van der Waals surface area contributed by atoms with E-state index in [2.05, 4.69) is 9.97 Å². The van der Waals surface area contributed by atoms with Gasteiger partial charge in [0.2, 0.25) is 0 Å². The van der Waals surface area contributed by atoms with Gasteiger partial charge in [-0.25, -0.2) is 9.97 Å². The number of fused-ring (bicyclic) bond motifs is 1. The van der Waals surface area contributed by atoms with Crippen LogP contribution in [-0.2, 0) is 9.59 Å². The first-order valence-corrected chi connectivity index (χ1v) is 6.16. The fourth-order valence-corrected chi connectivity index (χ4v) is 1.76. The lowest BCUT2D eigenvalue weighted by molar-refractivity contribution is -0.134. The number of benzene rings is 1. The van der Waals surface area contributed by atoms with Gasteiger partial charge in [-0.3, -0.25) is 9.59 Å². The third-order valence-electron chi connectivity index (χ3n) is 2.16. The second kappa shape index (κ2) is 5.60. The Morgan fingerprint density at radius 2 is 1.25 bits per heavy atom. The summed E-state index contributed by atoms with van der Waals surface area (Å²) in [4.78, 5) is 30.1. The molecule has 8 heteroatoms. The van der Waals surface area contributed by atoms with E-state index in [1.165, 1.54) is 26.0 Å². The third kappa shape index (κ3) is 3.15. The molecule has 0 aliphatic carbocycles. The number of rotatable bonds is 2. The average molecular weight is 315 g/mol. The molecule has 1 heterocycles. The Morgan fingerprint density at radius 3 is 1.55 bits per heavy atom. The summed E-state index contributed by atoms with van der Waals surface area (Å²) in [6.07, 6.45) is 0. The molecule has 0 aliphatic heterocycles. The molecule has 6 nitrogen and oxygen atoms in total. The maximum Gasteiger partial charge on any atom is 0.308 e. The molecule has 2 aromatic rings. The van der Waals surface area contributed by atoms with Gasteiger partial charge in [0.05, 0.1) is 11.0 Å². The lowest BCUT2D eigenvalue weighted by Gasteiger charge is -2.09. The van der Waals surface area contributed by atoms with Crippen LogP contribution in [0.2, 0.25) is 10.3 Å². The van der Waals surface area contributed by atoms with Crippen LogP contribution < -0.4 is 9.47 Å². The van der Waals surface area contributed by atoms with Gasteiger partial charge in [0, 0.05) is 26.0 Å². The number of hydrogen-bond donors (Lipinski definition) is 0. The van der Waals surface area contributed by atoms with E-state index >= 15 is 0 Å². The Balaban J connectivity index is 2.63. The molecule has 0 atom stereocenters. The average Bonchev–Trinajstić information content (AvgIpc) is 2.31. The van der Waals surface area contributed by atoms with Crippen LogP contribution in [0.3, 0.4) is 0 Å². The standard InChI is InChI=1S/C12H8Cl2N2O4/c1-5(17)19-9-3-7-8(4-10(9)20-6(2)18)16-12(14)11(13)15-7/h3-4H,1-2H3.